The summed E-state index contributed by atoms with van der Waals surface area (Å²) in [6.45, 7) is 0. The second-order valence-corrected chi connectivity index (χ2v) is 3.62. The monoisotopic (exact) mass is 196 g/mol. The van der Waals surface area contributed by atoms with Crippen molar-refractivity contribution in [2.75, 3.05) is 14.1 Å². The topological polar surface area (TPSA) is 69.6 Å². The Hall–Kier alpha value is -0.560. The van der Waals surface area contributed by atoms with E-state index in [2.05, 4.69) is 0 Å². The van der Waals surface area contributed by atoms with Gasteiger partial charge in [-0.1, -0.05) is 0 Å². The highest BCUT2D eigenvalue weighted by molar-refractivity contribution is 8.81. The molecule has 0 radical (unpaired) electrons. The Labute approximate surface area is 72.0 Å². The molecule has 0 bridgehead atoms. The van der Waals surface area contributed by atoms with Crippen LogP contribution in [0.3, 0.4) is 0 Å². The molecule has 0 fully saturated rings. The Balaban J connectivity index is 3.39. The van der Waals surface area contributed by atoms with Crippen molar-refractivity contribution in [1.29, 1.82) is 0 Å². The Morgan fingerprint density at radius 3 is 2.36 bits per heavy atom. The van der Waals surface area contributed by atoms with Crippen LogP contribution in [0.25, 0.3) is 0 Å². The number of carboxylic acid groups (broad SMARTS) is 1. The van der Waals surface area contributed by atoms with Gasteiger partial charge in [0, 0.05) is 35.9 Å². The van der Waals surface area contributed by atoms with Crippen LogP contribution >= 0.6 is 21.8 Å². The van der Waals surface area contributed by atoms with Gasteiger partial charge in [0.05, 0.1) is 0 Å². The molecule has 64 valence electrons. The van der Waals surface area contributed by atoms with Crippen LogP contribution in [0.4, 0.5) is 9.59 Å². The lowest BCUT2D eigenvalue weighted by Crippen LogP contribution is -2.17. The molecule has 5 nitrogen and oxygen atoms in total. The Bertz CT molecular complexity index is 161. The van der Waals surface area contributed by atoms with Gasteiger partial charge in [0.1, 0.15) is 0 Å². The lowest BCUT2D eigenvalue weighted by molar-refractivity contribution is 0.202. The molecule has 2 N–H and O–H groups in total. The van der Waals surface area contributed by atoms with E-state index in [9.17, 15) is 9.59 Å². The maximum atomic E-state index is 10.8. The van der Waals surface area contributed by atoms with Gasteiger partial charge in [-0.25, -0.2) is 4.79 Å². The van der Waals surface area contributed by atoms with Crippen LogP contribution < -0.4 is 4.72 Å². The van der Waals surface area contributed by atoms with Gasteiger partial charge in [0.2, 0.25) is 0 Å². The third kappa shape index (κ3) is 5.86. The Kier molecular flexibility index (Phi) is 4.88. The lowest BCUT2D eigenvalue weighted by atomic mass is 11.0. The lowest BCUT2D eigenvalue weighted by Gasteiger charge is -2.07. The van der Waals surface area contributed by atoms with Gasteiger partial charge < -0.3 is 10.0 Å². The van der Waals surface area contributed by atoms with Gasteiger partial charge in [0.25, 0.3) is 5.24 Å². The largest absolute Gasteiger partial charge is 0.464 e. The number of carbonyl (C=O) groups is 2. The van der Waals surface area contributed by atoms with Crippen molar-refractivity contribution in [3.8, 4) is 0 Å². The predicted octanol–water partition coefficient (Wildman–Crippen LogP) is 1.23. The molecule has 0 aliphatic rings. The zero-order valence-electron chi connectivity index (χ0n) is 6.03. The fourth-order valence-corrected chi connectivity index (χ4v) is 1.50. The highest BCUT2D eigenvalue weighted by Crippen LogP contribution is 2.19. The quantitative estimate of drug-likeness (QED) is 0.513. The molecular formula is C4H8N2O3S2. The standard InChI is InChI=1S/C4H8N2O3S2/c1-6(2)4(9)10-11-5-3(7)8/h5H,1-2H3,(H,7,8). The van der Waals surface area contributed by atoms with Gasteiger partial charge >= 0.3 is 6.09 Å². The molecule has 0 aliphatic carbocycles. The second kappa shape index (κ2) is 5.14. The minimum absolute atomic E-state index is 0.205. The SMILES string of the molecule is CN(C)C(=O)SSNC(=O)O. The Morgan fingerprint density at radius 2 is 2.00 bits per heavy atom. The number of hydrogen-bond donors (Lipinski definition) is 2. The number of rotatable bonds is 2. The molecule has 0 atom stereocenters. The van der Waals surface area contributed by atoms with E-state index in [0.29, 0.717) is 0 Å². The molecule has 0 aromatic carbocycles. The van der Waals surface area contributed by atoms with Crippen LogP contribution in [0.15, 0.2) is 0 Å². The molecule has 0 unspecified atom stereocenters. The van der Waals surface area contributed by atoms with Gasteiger partial charge in [-0.15, -0.1) is 0 Å². The van der Waals surface area contributed by atoms with Crippen molar-refractivity contribution < 1.29 is 14.7 Å². The molecule has 11 heavy (non-hydrogen) atoms. The average Bonchev–Trinajstić information content (AvgIpc) is 1.86. The first kappa shape index (κ1) is 10.4. The average molecular weight is 196 g/mol. The summed E-state index contributed by atoms with van der Waals surface area (Å²) in [6.07, 6.45) is -1.16. The molecule has 0 rings (SSSR count). The summed E-state index contributed by atoms with van der Waals surface area (Å²) >= 11 is 0. The summed E-state index contributed by atoms with van der Waals surface area (Å²) in [5.41, 5.74) is 0. The number of nitrogens with zero attached hydrogens (tertiary/aromatic N) is 1. The molecule has 0 aliphatic heterocycles. The second-order valence-electron chi connectivity index (χ2n) is 1.73. The van der Waals surface area contributed by atoms with Crippen LogP contribution in [0.1, 0.15) is 0 Å². The van der Waals surface area contributed by atoms with E-state index in [1.54, 1.807) is 14.1 Å². The summed E-state index contributed by atoms with van der Waals surface area (Å²) in [4.78, 5) is 22.0. The van der Waals surface area contributed by atoms with Crippen molar-refractivity contribution in [3.05, 3.63) is 0 Å². The first-order valence-corrected chi connectivity index (χ1v) is 4.72. The summed E-state index contributed by atoms with van der Waals surface area (Å²) < 4.78 is 1.98. The predicted molar refractivity (Wildman–Crippen MR) is 45.4 cm³/mol. The summed E-state index contributed by atoms with van der Waals surface area (Å²) in [6, 6.07) is 0. The van der Waals surface area contributed by atoms with E-state index in [4.69, 9.17) is 5.11 Å². The smallest absolute Gasteiger partial charge is 0.415 e. The van der Waals surface area contributed by atoms with Gasteiger partial charge in [-0.3, -0.25) is 9.52 Å². The van der Waals surface area contributed by atoms with Crippen molar-refractivity contribution in [2.45, 2.75) is 0 Å². The molecule has 0 spiro atoms. The summed E-state index contributed by atoms with van der Waals surface area (Å²) in [7, 11) is 4.79. The molecule has 0 saturated heterocycles. The highest BCUT2D eigenvalue weighted by Gasteiger charge is 2.05. The maximum Gasteiger partial charge on any atom is 0.415 e. The van der Waals surface area contributed by atoms with Crippen LogP contribution in [-0.4, -0.2) is 35.4 Å². The molecule has 2 amide bonds. The van der Waals surface area contributed by atoms with Crippen molar-refractivity contribution in [2.24, 2.45) is 0 Å². The van der Waals surface area contributed by atoms with Crippen LogP contribution in [0.5, 0.6) is 0 Å². The van der Waals surface area contributed by atoms with E-state index < -0.39 is 6.09 Å². The van der Waals surface area contributed by atoms with Gasteiger partial charge in [-0.2, -0.15) is 0 Å². The minimum Gasteiger partial charge on any atom is -0.464 e. The fourth-order valence-electron chi connectivity index (χ4n) is 0.167. The normalized spacial score (nSPS) is 8.91. The molecule has 0 aromatic rings. The molecule has 0 saturated carbocycles. The highest BCUT2D eigenvalue weighted by atomic mass is 33.1. The molecule has 0 aromatic heterocycles. The van der Waals surface area contributed by atoms with Gasteiger partial charge in [-0.05, 0) is 0 Å². The Morgan fingerprint density at radius 1 is 1.45 bits per heavy atom. The minimum atomic E-state index is -1.16. The summed E-state index contributed by atoms with van der Waals surface area (Å²) in [5.74, 6) is 0. The van der Waals surface area contributed by atoms with Crippen molar-refractivity contribution in [1.82, 2.24) is 9.62 Å². The number of hydrogen-bond acceptors (Lipinski definition) is 4. The maximum absolute atomic E-state index is 10.8. The fraction of sp³-hybridized carbons (Fsp3) is 0.500. The molecule has 0 heterocycles. The van der Waals surface area contributed by atoms with E-state index in [-0.39, 0.29) is 5.24 Å². The van der Waals surface area contributed by atoms with E-state index >= 15 is 0 Å². The van der Waals surface area contributed by atoms with Crippen molar-refractivity contribution in [3.63, 3.8) is 0 Å². The molecular weight excluding hydrogens is 188 g/mol. The van der Waals surface area contributed by atoms with E-state index in [1.807, 2.05) is 4.72 Å². The number of amides is 2. The van der Waals surface area contributed by atoms with Crippen molar-refractivity contribution >= 4 is 33.1 Å². The van der Waals surface area contributed by atoms with Gasteiger partial charge in [0.15, 0.2) is 0 Å². The van der Waals surface area contributed by atoms with E-state index in [1.165, 1.54) is 4.90 Å². The zero-order valence-corrected chi connectivity index (χ0v) is 7.66. The van der Waals surface area contributed by atoms with E-state index in [0.717, 1.165) is 21.8 Å². The van der Waals surface area contributed by atoms with Crippen LogP contribution in [0, 0.1) is 0 Å². The molecule has 7 heteroatoms. The first-order chi connectivity index (χ1) is 5.04. The van der Waals surface area contributed by atoms with Crippen LogP contribution in [0.2, 0.25) is 0 Å². The third-order valence-electron chi connectivity index (χ3n) is 0.607. The number of nitrogens with one attached hydrogen (secondary N) is 1. The number of carbonyl (C=O) groups excluding carboxylic acids is 1. The van der Waals surface area contributed by atoms with Crippen LogP contribution in [-0.2, 0) is 0 Å². The third-order valence-corrected chi connectivity index (χ3v) is 2.38. The zero-order chi connectivity index (χ0) is 8.85. The first-order valence-electron chi connectivity index (χ1n) is 2.57. The summed E-state index contributed by atoms with van der Waals surface area (Å²) in [5, 5.41) is 7.89.